The van der Waals surface area contributed by atoms with Crippen molar-refractivity contribution in [2.24, 2.45) is 11.8 Å². The van der Waals surface area contributed by atoms with E-state index in [1.165, 1.54) is 6.33 Å². The van der Waals surface area contributed by atoms with Gasteiger partial charge in [0.15, 0.2) is 5.65 Å². The quantitative estimate of drug-likeness (QED) is 0.165. The maximum Gasteiger partial charge on any atom is 0.319 e. The zero-order chi connectivity index (χ0) is 47.0. The van der Waals surface area contributed by atoms with Gasteiger partial charge in [-0.15, -0.1) is 0 Å². The molecule has 2 aromatic heterocycles. The number of likely N-dealkylation sites (tertiary alicyclic amines) is 3. The van der Waals surface area contributed by atoms with Crippen molar-refractivity contribution in [1.29, 1.82) is 0 Å². The summed E-state index contributed by atoms with van der Waals surface area (Å²) in [5, 5.41) is 8.34. The van der Waals surface area contributed by atoms with E-state index in [-0.39, 0.29) is 36.2 Å². The first-order chi connectivity index (χ1) is 33.7. The molecule has 0 radical (unpaired) electrons. The van der Waals surface area contributed by atoms with Gasteiger partial charge in [-0.2, -0.15) is 5.10 Å². The van der Waals surface area contributed by atoms with Crippen molar-refractivity contribution in [2.45, 2.75) is 70.0 Å². The highest BCUT2D eigenvalue weighted by molar-refractivity contribution is 6.05. The van der Waals surface area contributed by atoms with Crippen molar-refractivity contribution >= 4 is 46.3 Å². The van der Waals surface area contributed by atoms with Gasteiger partial charge in [-0.25, -0.2) is 19.4 Å². The normalized spacial score (nSPS) is 22.3. The number of amides is 5. The fourth-order valence-electron chi connectivity index (χ4n) is 11.6. The fourth-order valence-corrected chi connectivity index (χ4v) is 11.6. The molecule has 1 unspecified atom stereocenters. The summed E-state index contributed by atoms with van der Waals surface area (Å²) in [5.74, 6) is 2.27. The zero-order valence-corrected chi connectivity index (χ0v) is 39.3. The highest BCUT2D eigenvalue weighted by Crippen LogP contribution is 2.36. The van der Waals surface area contributed by atoms with Gasteiger partial charge in [0.05, 0.1) is 11.4 Å². The number of nitrogens with one attached hydrogen (secondary N) is 1. The summed E-state index contributed by atoms with van der Waals surface area (Å²) < 4.78 is 8.12. The van der Waals surface area contributed by atoms with Crippen molar-refractivity contribution < 1.29 is 23.9 Å². The number of fused-ring (bicyclic) bond motifs is 2. The minimum absolute atomic E-state index is 0.138. The predicted octanol–water partition coefficient (Wildman–Crippen LogP) is 5.63. The van der Waals surface area contributed by atoms with Gasteiger partial charge in [-0.3, -0.25) is 24.6 Å². The van der Waals surface area contributed by atoms with E-state index in [0.717, 1.165) is 162 Å². The molecule has 8 heterocycles. The summed E-state index contributed by atoms with van der Waals surface area (Å²) >= 11 is 0. The molecule has 5 saturated heterocycles. The van der Waals surface area contributed by atoms with E-state index in [2.05, 4.69) is 45.5 Å². The molecule has 17 heteroatoms. The molecule has 69 heavy (non-hydrogen) atoms. The molecular weight excluding hydrogens is 873 g/mol. The number of ether oxygens (including phenoxy) is 1. The number of piperazine rings is 1. The molecule has 3 aromatic carbocycles. The molecule has 2 atom stereocenters. The molecule has 11 rings (SSSR count). The number of urea groups is 1. The van der Waals surface area contributed by atoms with E-state index < -0.39 is 6.04 Å². The minimum Gasteiger partial charge on any atom is -0.457 e. The third-order valence-electron chi connectivity index (χ3n) is 15.5. The SMILES string of the molecule is Nc1ncnc2c1c(-c1ccc(Oc3ccccc3)cc1)nn2[C@@H]1CCCN(CC2CCN(C(=O)N3CCC(CN4CCN(c5ccc6c(c5)CN(C5CCC(=O)NC5=O)C6=O)CC4)CC3)CC2)C1. The lowest BCUT2D eigenvalue weighted by atomic mass is 9.94. The van der Waals surface area contributed by atoms with E-state index >= 15 is 0 Å². The molecule has 17 nitrogen and oxygen atoms in total. The Bertz CT molecular complexity index is 2690. The number of hydrogen-bond donors (Lipinski definition) is 2. The molecule has 3 N–H and O–H groups in total. The second-order valence-corrected chi connectivity index (χ2v) is 19.9. The molecule has 6 aliphatic rings. The third kappa shape index (κ3) is 9.45. The summed E-state index contributed by atoms with van der Waals surface area (Å²) in [6, 6.07) is 23.5. The Morgan fingerprint density at radius 2 is 1.43 bits per heavy atom. The first-order valence-electron chi connectivity index (χ1n) is 25.0. The van der Waals surface area contributed by atoms with Crippen LogP contribution < -0.4 is 20.7 Å². The number of carbonyl (C=O) groups excluding carboxylic acids is 4. The lowest BCUT2D eigenvalue weighted by Crippen LogP contribution is -2.52. The number of para-hydroxylation sites is 1. The third-order valence-corrected chi connectivity index (χ3v) is 15.5. The number of hydrogen-bond acceptors (Lipinski definition) is 12. The number of piperidine rings is 4. The van der Waals surface area contributed by atoms with E-state index in [9.17, 15) is 19.2 Å². The van der Waals surface area contributed by atoms with Gasteiger partial charge < -0.3 is 35.0 Å². The van der Waals surface area contributed by atoms with Gasteiger partial charge in [0.2, 0.25) is 11.8 Å². The molecule has 5 amide bonds. The average Bonchev–Trinajstić information content (AvgIpc) is 3.93. The lowest BCUT2D eigenvalue weighted by Gasteiger charge is -2.42. The van der Waals surface area contributed by atoms with Crippen LogP contribution in [0.15, 0.2) is 79.1 Å². The van der Waals surface area contributed by atoms with Crippen LogP contribution in [0.2, 0.25) is 0 Å². The molecule has 0 aliphatic carbocycles. The maximum atomic E-state index is 13.8. The van der Waals surface area contributed by atoms with Gasteiger partial charge in [-0.05, 0) is 123 Å². The maximum absolute atomic E-state index is 13.8. The minimum atomic E-state index is -0.605. The Labute approximate surface area is 402 Å². The lowest BCUT2D eigenvalue weighted by molar-refractivity contribution is -0.136. The number of carbonyl (C=O) groups is 4. The number of aromatic nitrogens is 4. The molecule has 0 spiro atoms. The largest absolute Gasteiger partial charge is 0.457 e. The Morgan fingerprint density at radius 3 is 2.14 bits per heavy atom. The average molecular weight is 935 g/mol. The topological polar surface area (TPSA) is 179 Å². The first-order valence-corrected chi connectivity index (χ1v) is 25.0. The van der Waals surface area contributed by atoms with Crippen LogP contribution in [0.25, 0.3) is 22.3 Å². The van der Waals surface area contributed by atoms with E-state index in [1.807, 2.05) is 66.7 Å². The van der Waals surface area contributed by atoms with Crippen molar-refractivity contribution in [1.82, 2.24) is 49.6 Å². The Balaban J connectivity index is 0.621. The van der Waals surface area contributed by atoms with Crippen LogP contribution in [0, 0.1) is 11.8 Å². The van der Waals surface area contributed by atoms with Crippen molar-refractivity contribution in [3.8, 4) is 22.8 Å². The molecule has 5 fully saturated rings. The second kappa shape index (κ2) is 19.4. The summed E-state index contributed by atoms with van der Waals surface area (Å²) in [6.07, 6.45) is 8.33. The van der Waals surface area contributed by atoms with Crippen LogP contribution in [0.3, 0.4) is 0 Å². The van der Waals surface area contributed by atoms with Gasteiger partial charge in [0.25, 0.3) is 5.91 Å². The van der Waals surface area contributed by atoms with E-state index in [0.29, 0.717) is 36.2 Å². The first kappa shape index (κ1) is 44.9. The van der Waals surface area contributed by atoms with Gasteiger partial charge in [0, 0.05) is 102 Å². The number of benzene rings is 3. The monoisotopic (exact) mass is 934 g/mol. The Kier molecular flexibility index (Phi) is 12.6. The fraction of sp³-hybridized carbons (Fsp3) is 0.481. The molecule has 0 saturated carbocycles. The van der Waals surface area contributed by atoms with Crippen LogP contribution in [-0.2, 0) is 16.1 Å². The summed E-state index contributed by atoms with van der Waals surface area (Å²) in [6.45, 7) is 11.4. The van der Waals surface area contributed by atoms with Gasteiger partial charge >= 0.3 is 6.03 Å². The van der Waals surface area contributed by atoms with E-state index in [4.69, 9.17) is 20.6 Å². The van der Waals surface area contributed by atoms with Crippen molar-refractivity contribution in [3.05, 3.63) is 90.3 Å². The van der Waals surface area contributed by atoms with Gasteiger partial charge in [-0.1, -0.05) is 18.2 Å². The molecule has 6 aliphatic heterocycles. The smallest absolute Gasteiger partial charge is 0.319 e. The number of anilines is 2. The number of nitrogens with zero attached hydrogens (tertiary/aromatic N) is 10. The summed E-state index contributed by atoms with van der Waals surface area (Å²) in [4.78, 5) is 73.6. The number of rotatable bonds is 10. The van der Waals surface area contributed by atoms with Crippen LogP contribution in [0.1, 0.15) is 73.3 Å². The highest BCUT2D eigenvalue weighted by Gasteiger charge is 2.40. The zero-order valence-electron chi connectivity index (χ0n) is 39.3. The molecule has 0 bridgehead atoms. The van der Waals surface area contributed by atoms with Crippen LogP contribution in [0.4, 0.5) is 16.3 Å². The molecule has 360 valence electrons. The number of nitrogen functional groups attached to an aromatic ring is 1. The highest BCUT2D eigenvalue weighted by atomic mass is 16.5. The Morgan fingerprint density at radius 1 is 0.739 bits per heavy atom. The van der Waals surface area contributed by atoms with Gasteiger partial charge in [0.1, 0.15) is 35.4 Å². The number of nitrogens with two attached hydrogens (primary N) is 1. The van der Waals surface area contributed by atoms with Crippen LogP contribution in [-0.4, -0.2) is 153 Å². The van der Waals surface area contributed by atoms with Crippen molar-refractivity contribution in [3.63, 3.8) is 0 Å². The van der Waals surface area contributed by atoms with Crippen molar-refractivity contribution in [2.75, 3.05) is 89.2 Å². The second-order valence-electron chi connectivity index (χ2n) is 19.9. The Hall–Kier alpha value is -6.59. The van der Waals surface area contributed by atoms with Crippen LogP contribution >= 0.6 is 0 Å². The summed E-state index contributed by atoms with van der Waals surface area (Å²) in [5.41, 5.74) is 11.7. The number of imide groups is 1. The van der Waals surface area contributed by atoms with Crippen LogP contribution in [0.5, 0.6) is 11.5 Å². The summed E-state index contributed by atoms with van der Waals surface area (Å²) in [7, 11) is 0. The predicted molar refractivity (Wildman–Crippen MR) is 262 cm³/mol. The molecule has 5 aromatic rings. The van der Waals surface area contributed by atoms with E-state index in [1.54, 1.807) is 4.90 Å². The molecular formula is C52H62N12O5. The standard InChI is InChI=1S/C52H62N12O5/c53-48-46-47(37-8-11-42(12-9-37)69-41-6-2-1-3-7-41)57-64(49(46)55-34-54-48)40-5-4-20-59(33-40)31-36-18-23-62(24-19-36)52(68)61-21-16-35(17-22-61)30-58-25-27-60(28-26-58)39-10-13-43-38(29-39)32-63(51(43)67)44-14-15-45(65)56-50(44)66/h1-3,6-13,29,34-36,40,44H,4-5,14-28,30-33H2,(H2,53,54,55)(H,56,65,66)/t40-,44?/m1/s1.